The van der Waals surface area contributed by atoms with Crippen LogP contribution >= 0.6 is 0 Å². The molecule has 1 aliphatic carbocycles. The van der Waals surface area contributed by atoms with Gasteiger partial charge in [0.1, 0.15) is 0 Å². The van der Waals surface area contributed by atoms with Crippen LogP contribution in [-0.2, 0) is 4.79 Å². The van der Waals surface area contributed by atoms with Crippen molar-refractivity contribution in [3.63, 3.8) is 0 Å². The fourth-order valence-corrected chi connectivity index (χ4v) is 2.43. The van der Waals surface area contributed by atoms with Gasteiger partial charge in [-0.1, -0.05) is 19.1 Å². The predicted molar refractivity (Wildman–Crippen MR) is 73.8 cm³/mol. The number of nitro benzene ring substituents is 1. The molecule has 4 heteroatoms. The minimum Gasteiger partial charge on any atom is -0.294 e. The van der Waals surface area contributed by atoms with Crippen molar-refractivity contribution in [3.8, 4) is 0 Å². The highest BCUT2D eigenvalue weighted by Crippen LogP contribution is 2.28. The standard InChI is InChI=1S/C15H17NO3/c1-10-6-7-12(9-14(10)16(18)19)8-13-5-3-4-11(2)15(13)17/h6-9,11H,3-5H2,1-2H3/b13-8+/t11-/m0/s1. The molecule has 1 atom stereocenters. The Labute approximate surface area is 112 Å². The topological polar surface area (TPSA) is 60.2 Å². The molecule has 0 heterocycles. The van der Waals surface area contributed by atoms with E-state index < -0.39 is 0 Å². The zero-order valence-corrected chi connectivity index (χ0v) is 11.2. The summed E-state index contributed by atoms with van der Waals surface area (Å²) in [6.45, 7) is 3.65. The lowest BCUT2D eigenvalue weighted by Gasteiger charge is -2.19. The SMILES string of the molecule is Cc1ccc(/C=C2\CCC[C@H](C)C2=O)cc1[N+](=O)[O-]. The molecule has 0 N–H and O–H groups in total. The van der Waals surface area contributed by atoms with E-state index in [1.165, 1.54) is 6.07 Å². The lowest BCUT2D eigenvalue weighted by molar-refractivity contribution is -0.385. The van der Waals surface area contributed by atoms with Crippen LogP contribution in [-0.4, -0.2) is 10.7 Å². The number of ketones is 1. The minimum atomic E-state index is -0.386. The van der Waals surface area contributed by atoms with Crippen molar-refractivity contribution >= 4 is 17.5 Å². The molecule has 19 heavy (non-hydrogen) atoms. The van der Waals surface area contributed by atoms with Gasteiger partial charge >= 0.3 is 0 Å². The molecule has 0 bridgehead atoms. The summed E-state index contributed by atoms with van der Waals surface area (Å²) in [4.78, 5) is 22.5. The number of allylic oxidation sites excluding steroid dienone is 1. The van der Waals surface area contributed by atoms with Gasteiger partial charge in [-0.25, -0.2) is 0 Å². The summed E-state index contributed by atoms with van der Waals surface area (Å²) in [7, 11) is 0. The maximum atomic E-state index is 12.0. The minimum absolute atomic E-state index is 0.0698. The number of benzene rings is 1. The predicted octanol–water partition coefficient (Wildman–Crippen LogP) is 3.68. The van der Waals surface area contributed by atoms with E-state index in [1.54, 1.807) is 19.1 Å². The molecule has 2 rings (SSSR count). The number of carbonyl (C=O) groups excluding carboxylic acids is 1. The zero-order valence-electron chi connectivity index (χ0n) is 11.2. The average molecular weight is 259 g/mol. The van der Waals surface area contributed by atoms with Crippen LogP contribution < -0.4 is 0 Å². The molecule has 0 aliphatic heterocycles. The van der Waals surface area contributed by atoms with Crippen molar-refractivity contribution in [2.75, 3.05) is 0 Å². The van der Waals surface area contributed by atoms with Crippen molar-refractivity contribution in [2.24, 2.45) is 5.92 Å². The second-order valence-electron chi connectivity index (χ2n) is 5.13. The molecule has 1 aromatic carbocycles. The van der Waals surface area contributed by atoms with E-state index in [0.717, 1.165) is 30.4 Å². The number of aryl methyl sites for hydroxylation is 1. The van der Waals surface area contributed by atoms with E-state index in [4.69, 9.17) is 0 Å². The van der Waals surface area contributed by atoms with Crippen LogP contribution in [0.2, 0.25) is 0 Å². The summed E-state index contributed by atoms with van der Waals surface area (Å²) in [6, 6.07) is 5.08. The number of Topliss-reactive ketones (excluding diaryl/α,β-unsaturated/α-hetero) is 1. The van der Waals surface area contributed by atoms with Gasteiger partial charge in [0.05, 0.1) is 4.92 Å². The molecule has 1 aromatic rings. The Bertz CT molecular complexity index is 561. The molecule has 0 radical (unpaired) electrons. The van der Waals surface area contributed by atoms with Crippen LogP contribution in [0.1, 0.15) is 37.3 Å². The van der Waals surface area contributed by atoms with Gasteiger partial charge in [0, 0.05) is 17.5 Å². The molecular formula is C15H17NO3. The van der Waals surface area contributed by atoms with Crippen molar-refractivity contribution in [3.05, 3.63) is 45.0 Å². The molecule has 0 unspecified atom stereocenters. The first kappa shape index (κ1) is 13.5. The number of nitrogens with zero attached hydrogens (tertiary/aromatic N) is 1. The summed E-state index contributed by atoms with van der Waals surface area (Å²) in [6.07, 6.45) is 4.51. The Morgan fingerprint density at radius 2 is 2.16 bits per heavy atom. The molecule has 100 valence electrons. The maximum Gasteiger partial charge on any atom is 0.272 e. The Morgan fingerprint density at radius 1 is 1.42 bits per heavy atom. The number of carbonyl (C=O) groups is 1. The first-order valence-electron chi connectivity index (χ1n) is 6.49. The number of nitro groups is 1. The molecule has 0 spiro atoms. The van der Waals surface area contributed by atoms with E-state index in [0.29, 0.717) is 5.56 Å². The van der Waals surface area contributed by atoms with Crippen LogP contribution in [0.25, 0.3) is 6.08 Å². The number of hydrogen-bond acceptors (Lipinski definition) is 3. The first-order chi connectivity index (χ1) is 8.99. The van der Waals surface area contributed by atoms with E-state index in [9.17, 15) is 14.9 Å². The molecular weight excluding hydrogens is 242 g/mol. The van der Waals surface area contributed by atoms with E-state index in [2.05, 4.69) is 0 Å². The van der Waals surface area contributed by atoms with Crippen molar-refractivity contribution < 1.29 is 9.72 Å². The van der Waals surface area contributed by atoms with Crippen LogP contribution in [0, 0.1) is 23.0 Å². The van der Waals surface area contributed by atoms with E-state index in [-0.39, 0.29) is 22.3 Å². The molecule has 1 aliphatic rings. The number of hydrogen-bond donors (Lipinski definition) is 0. The van der Waals surface area contributed by atoms with E-state index >= 15 is 0 Å². The monoisotopic (exact) mass is 259 g/mol. The number of rotatable bonds is 2. The van der Waals surface area contributed by atoms with Gasteiger partial charge in [0.15, 0.2) is 5.78 Å². The normalized spacial score (nSPS) is 21.7. The quantitative estimate of drug-likeness (QED) is 0.462. The highest BCUT2D eigenvalue weighted by atomic mass is 16.6. The van der Waals surface area contributed by atoms with Crippen LogP contribution in [0.4, 0.5) is 5.69 Å². The lowest BCUT2D eigenvalue weighted by Crippen LogP contribution is -2.18. The smallest absolute Gasteiger partial charge is 0.272 e. The summed E-state index contributed by atoms with van der Waals surface area (Å²) >= 11 is 0. The molecule has 4 nitrogen and oxygen atoms in total. The van der Waals surface area contributed by atoms with Gasteiger partial charge in [0.25, 0.3) is 5.69 Å². The van der Waals surface area contributed by atoms with Gasteiger partial charge in [-0.15, -0.1) is 0 Å². The molecule has 0 aromatic heterocycles. The van der Waals surface area contributed by atoms with Gasteiger partial charge in [-0.2, -0.15) is 0 Å². The maximum absolute atomic E-state index is 12.0. The third-order valence-electron chi connectivity index (χ3n) is 3.62. The summed E-state index contributed by atoms with van der Waals surface area (Å²) in [5, 5.41) is 10.9. The third-order valence-corrected chi connectivity index (χ3v) is 3.62. The zero-order chi connectivity index (χ0) is 14.0. The van der Waals surface area contributed by atoms with Crippen LogP contribution in [0.15, 0.2) is 23.8 Å². The Kier molecular flexibility index (Phi) is 3.79. The molecule has 1 fully saturated rings. The van der Waals surface area contributed by atoms with Gasteiger partial charge < -0.3 is 0 Å². The van der Waals surface area contributed by atoms with Gasteiger partial charge in [0.2, 0.25) is 0 Å². The fraction of sp³-hybridized carbons (Fsp3) is 0.400. The van der Waals surface area contributed by atoms with Crippen LogP contribution in [0.3, 0.4) is 0 Å². The Hall–Kier alpha value is -1.97. The average Bonchev–Trinajstić information content (AvgIpc) is 2.37. The Morgan fingerprint density at radius 3 is 2.84 bits per heavy atom. The van der Waals surface area contributed by atoms with Gasteiger partial charge in [-0.05, 0) is 43.4 Å². The summed E-state index contributed by atoms with van der Waals surface area (Å²) < 4.78 is 0. The highest BCUT2D eigenvalue weighted by molar-refractivity contribution is 6.01. The van der Waals surface area contributed by atoms with Crippen molar-refractivity contribution in [2.45, 2.75) is 33.1 Å². The first-order valence-corrected chi connectivity index (χ1v) is 6.49. The third kappa shape index (κ3) is 2.89. The highest BCUT2D eigenvalue weighted by Gasteiger charge is 2.22. The lowest BCUT2D eigenvalue weighted by atomic mass is 9.84. The molecule has 0 saturated heterocycles. The summed E-state index contributed by atoms with van der Waals surface area (Å²) in [5.74, 6) is 0.245. The van der Waals surface area contributed by atoms with Crippen molar-refractivity contribution in [1.82, 2.24) is 0 Å². The van der Waals surface area contributed by atoms with E-state index in [1.807, 2.05) is 13.0 Å². The second-order valence-corrected chi connectivity index (χ2v) is 5.13. The van der Waals surface area contributed by atoms with Crippen molar-refractivity contribution in [1.29, 1.82) is 0 Å². The Balaban J connectivity index is 2.35. The fourth-order valence-electron chi connectivity index (χ4n) is 2.43. The largest absolute Gasteiger partial charge is 0.294 e. The van der Waals surface area contributed by atoms with Crippen LogP contribution in [0.5, 0.6) is 0 Å². The van der Waals surface area contributed by atoms with Gasteiger partial charge in [-0.3, -0.25) is 14.9 Å². The second kappa shape index (κ2) is 5.34. The molecule has 0 amide bonds. The summed E-state index contributed by atoms with van der Waals surface area (Å²) in [5.41, 5.74) is 2.26. The molecule has 1 saturated carbocycles.